The smallest absolute Gasteiger partial charge is 0.271 e. The van der Waals surface area contributed by atoms with E-state index in [9.17, 15) is 9.90 Å². The summed E-state index contributed by atoms with van der Waals surface area (Å²) in [4.78, 5) is 13.7. The number of para-hydroxylation sites is 1. The fourth-order valence-electron chi connectivity index (χ4n) is 2.76. The monoisotopic (exact) mass is 398 g/mol. The van der Waals surface area contributed by atoms with Crippen molar-refractivity contribution in [2.45, 2.75) is 6.54 Å². The Bertz CT molecular complexity index is 1170. The van der Waals surface area contributed by atoms with Gasteiger partial charge in [-0.3, -0.25) is 4.79 Å². The summed E-state index contributed by atoms with van der Waals surface area (Å²) in [7, 11) is 0. The number of aromatic nitrogens is 4. The molecule has 0 unspecified atom stereocenters. The standard InChI is InChI=1S/C22H18N6O2/c29-20-9-5-4-8-19(20)14-23-25-22(30)18-12-10-16(11-13-18)15-28-26-21(24-27-28)17-6-2-1-3-7-17/h1-14,29H,15H2,(H,25,30)/b23-14-. The van der Waals surface area contributed by atoms with Gasteiger partial charge in [0.25, 0.3) is 5.91 Å². The van der Waals surface area contributed by atoms with Crippen LogP contribution in [0.15, 0.2) is 84.0 Å². The van der Waals surface area contributed by atoms with E-state index in [-0.39, 0.29) is 11.7 Å². The molecule has 8 heteroatoms. The van der Waals surface area contributed by atoms with Crippen LogP contribution in [-0.4, -0.2) is 37.4 Å². The van der Waals surface area contributed by atoms with E-state index in [0.29, 0.717) is 23.5 Å². The summed E-state index contributed by atoms with van der Waals surface area (Å²) in [5.74, 6) is 0.310. The van der Waals surface area contributed by atoms with Crippen molar-refractivity contribution >= 4 is 12.1 Å². The van der Waals surface area contributed by atoms with Gasteiger partial charge in [-0.25, -0.2) is 5.43 Å². The molecule has 0 aliphatic rings. The molecule has 0 aliphatic carbocycles. The number of tetrazole rings is 1. The maximum absolute atomic E-state index is 12.2. The molecule has 0 fully saturated rings. The van der Waals surface area contributed by atoms with Crippen molar-refractivity contribution in [2.75, 3.05) is 0 Å². The van der Waals surface area contributed by atoms with Crippen LogP contribution in [0.25, 0.3) is 11.4 Å². The highest BCUT2D eigenvalue weighted by Crippen LogP contribution is 2.13. The number of phenols is 1. The first-order chi connectivity index (χ1) is 14.7. The predicted molar refractivity (Wildman–Crippen MR) is 112 cm³/mol. The highest BCUT2D eigenvalue weighted by atomic mass is 16.3. The van der Waals surface area contributed by atoms with Crippen molar-refractivity contribution in [3.8, 4) is 17.1 Å². The average Bonchev–Trinajstić information content (AvgIpc) is 3.25. The zero-order valence-corrected chi connectivity index (χ0v) is 15.9. The molecule has 148 valence electrons. The number of benzene rings is 3. The number of hydrazone groups is 1. The van der Waals surface area contributed by atoms with Crippen molar-refractivity contribution in [1.29, 1.82) is 0 Å². The Kier molecular flexibility index (Phi) is 5.56. The summed E-state index contributed by atoms with van der Waals surface area (Å²) < 4.78 is 0. The fraction of sp³-hybridized carbons (Fsp3) is 0.0455. The van der Waals surface area contributed by atoms with Gasteiger partial charge in [0.2, 0.25) is 5.82 Å². The van der Waals surface area contributed by atoms with Crippen LogP contribution in [-0.2, 0) is 6.54 Å². The van der Waals surface area contributed by atoms with Gasteiger partial charge in [-0.05, 0) is 35.0 Å². The Morgan fingerprint density at radius 1 is 1.00 bits per heavy atom. The van der Waals surface area contributed by atoms with Gasteiger partial charge in [-0.15, -0.1) is 10.2 Å². The van der Waals surface area contributed by atoms with E-state index in [1.54, 1.807) is 36.4 Å². The van der Waals surface area contributed by atoms with E-state index in [2.05, 4.69) is 25.9 Å². The third-order valence-corrected chi connectivity index (χ3v) is 4.33. The van der Waals surface area contributed by atoms with Crippen LogP contribution >= 0.6 is 0 Å². The van der Waals surface area contributed by atoms with Crippen LogP contribution < -0.4 is 5.43 Å². The molecular weight excluding hydrogens is 380 g/mol. The van der Waals surface area contributed by atoms with Crippen LogP contribution in [0.5, 0.6) is 5.75 Å². The quantitative estimate of drug-likeness (QED) is 0.384. The highest BCUT2D eigenvalue weighted by Gasteiger charge is 2.08. The van der Waals surface area contributed by atoms with Gasteiger partial charge < -0.3 is 5.11 Å². The molecule has 0 saturated carbocycles. The Morgan fingerprint density at radius 3 is 2.50 bits per heavy atom. The molecule has 0 radical (unpaired) electrons. The zero-order valence-electron chi connectivity index (χ0n) is 15.9. The number of nitrogens with zero attached hydrogens (tertiary/aromatic N) is 5. The van der Waals surface area contributed by atoms with E-state index in [1.807, 2.05) is 42.5 Å². The molecule has 30 heavy (non-hydrogen) atoms. The molecule has 0 saturated heterocycles. The van der Waals surface area contributed by atoms with Crippen molar-refractivity contribution < 1.29 is 9.90 Å². The maximum atomic E-state index is 12.2. The number of phenolic OH excluding ortho intramolecular Hbond substituents is 1. The van der Waals surface area contributed by atoms with E-state index >= 15 is 0 Å². The van der Waals surface area contributed by atoms with Gasteiger partial charge in [0.15, 0.2) is 0 Å². The molecule has 0 spiro atoms. The Hall–Kier alpha value is -4.33. The zero-order chi connectivity index (χ0) is 20.8. The second-order valence-electron chi connectivity index (χ2n) is 6.46. The molecule has 1 heterocycles. The largest absolute Gasteiger partial charge is 0.507 e. The van der Waals surface area contributed by atoms with Gasteiger partial charge >= 0.3 is 0 Å². The van der Waals surface area contributed by atoms with Gasteiger partial charge in [-0.2, -0.15) is 9.90 Å². The van der Waals surface area contributed by atoms with E-state index in [0.717, 1.165) is 11.1 Å². The lowest BCUT2D eigenvalue weighted by Gasteiger charge is -2.03. The van der Waals surface area contributed by atoms with Crippen molar-refractivity contribution in [2.24, 2.45) is 5.10 Å². The molecule has 1 amide bonds. The van der Waals surface area contributed by atoms with Crippen LogP contribution in [0, 0.1) is 0 Å². The van der Waals surface area contributed by atoms with E-state index < -0.39 is 0 Å². The minimum absolute atomic E-state index is 0.0944. The molecule has 4 rings (SSSR count). The number of carbonyl (C=O) groups is 1. The fourth-order valence-corrected chi connectivity index (χ4v) is 2.76. The predicted octanol–water partition coefficient (Wildman–Crippen LogP) is 2.86. The normalized spacial score (nSPS) is 10.9. The topological polar surface area (TPSA) is 105 Å². The number of rotatable bonds is 6. The maximum Gasteiger partial charge on any atom is 0.271 e. The first-order valence-corrected chi connectivity index (χ1v) is 9.22. The minimum atomic E-state index is -0.349. The van der Waals surface area contributed by atoms with Crippen LogP contribution in [0.4, 0.5) is 0 Å². The molecule has 0 atom stereocenters. The summed E-state index contributed by atoms with van der Waals surface area (Å²) in [6.07, 6.45) is 1.39. The summed E-state index contributed by atoms with van der Waals surface area (Å²) in [6.45, 7) is 0.438. The molecule has 8 nitrogen and oxygen atoms in total. The second kappa shape index (κ2) is 8.78. The lowest BCUT2D eigenvalue weighted by atomic mass is 10.1. The van der Waals surface area contributed by atoms with Gasteiger partial charge in [-0.1, -0.05) is 54.6 Å². The van der Waals surface area contributed by atoms with E-state index in [1.165, 1.54) is 11.0 Å². The molecular formula is C22H18N6O2. The third-order valence-electron chi connectivity index (χ3n) is 4.33. The molecule has 3 aromatic carbocycles. The molecule has 0 bridgehead atoms. The lowest BCUT2D eigenvalue weighted by molar-refractivity contribution is 0.0955. The van der Waals surface area contributed by atoms with Crippen LogP contribution in [0.1, 0.15) is 21.5 Å². The third kappa shape index (κ3) is 4.56. The van der Waals surface area contributed by atoms with Crippen LogP contribution in [0.3, 0.4) is 0 Å². The second-order valence-corrected chi connectivity index (χ2v) is 6.46. The summed E-state index contributed by atoms with van der Waals surface area (Å²) in [5.41, 5.74) is 5.26. The molecule has 4 aromatic rings. The summed E-state index contributed by atoms with van der Waals surface area (Å²) >= 11 is 0. The van der Waals surface area contributed by atoms with Crippen molar-refractivity contribution in [3.63, 3.8) is 0 Å². The van der Waals surface area contributed by atoms with Gasteiger partial charge in [0.1, 0.15) is 5.75 Å². The summed E-state index contributed by atoms with van der Waals surface area (Å²) in [5, 5.41) is 26.1. The molecule has 2 N–H and O–H groups in total. The van der Waals surface area contributed by atoms with Crippen LogP contribution in [0.2, 0.25) is 0 Å². The SMILES string of the molecule is O=C(N/N=C\c1ccccc1O)c1ccc(Cn2nnc(-c3ccccc3)n2)cc1. The minimum Gasteiger partial charge on any atom is -0.507 e. The van der Waals surface area contributed by atoms with Crippen molar-refractivity contribution in [3.05, 3.63) is 95.6 Å². The molecule has 1 aromatic heterocycles. The van der Waals surface area contributed by atoms with E-state index in [4.69, 9.17) is 0 Å². The number of nitrogens with one attached hydrogen (secondary N) is 1. The van der Waals surface area contributed by atoms with Gasteiger partial charge in [0, 0.05) is 16.7 Å². The lowest BCUT2D eigenvalue weighted by Crippen LogP contribution is -2.17. The highest BCUT2D eigenvalue weighted by molar-refractivity contribution is 5.95. The Balaban J connectivity index is 1.36. The number of hydrogen-bond acceptors (Lipinski definition) is 6. The van der Waals surface area contributed by atoms with Crippen molar-refractivity contribution in [1.82, 2.24) is 25.6 Å². The number of amides is 1. The average molecular weight is 398 g/mol. The van der Waals surface area contributed by atoms with Gasteiger partial charge in [0.05, 0.1) is 12.8 Å². The number of hydrogen-bond donors (Lipinski definition) is 2. The Morgan fingerprint density at radius 2 is 1.73 bits per heavy atom. The number of carbonyl (C=O) groups excluding carboxylic acids is 1. The summed E-state index contributed by atoms with van der Waals surface area (Å²) in [6, 6.07) is 23.4. The first-order valence-electron chi connectivity index (χ1n) is 9.22. The number of aromatic hydroxyl groups is 1. The Labute approximate surface area is 172 Å². The molecule has 0 aliphatic heterocycles. The first kappa shape index (κ1) is 19.0.